The molecule has 4 nitrogen and oxygen atoms in total. The van der Waals surface area contributed by atoms with E-state index in [1.165, 1.54) is 70.6 Å². The van der Waals surface area contributed by atoms with Gasteiger partial charge in [-0.1, -0.05) is 102 Å². The van der Waals surface area contributed by atoms with Crippen LogP contribution in [0.5, 0.6) is 5.75 Å². The smallest absolute Gasteiger partial charge is 0.311 e. The van der Waals surface area contributed by atoms with Gasteiger partial charge in [0.05, 0.1) is 6.61 Å². The first kappa shape index (κ1) is 29.5. The van der Waals surface area contributed by atoms with Gasteiger partial charge in [0.25, 0.3) is 0 Å². The van der Waals surface area contributed by atoms with Crippen LogP contribution in [0.1, 0.15) is 122 Å². The predicted molar refractivity (Wildman–Crippen MR) is 137 cm³/mol. The van der Waals surface area contributed by atoms with Gasteiger partial charge in [-0.3, -0.25) is 9.59 Å². The quantitative estimate of drug-likeness (QED) is 0.100. The van der Waals surface area contributed by atoms with Crippen molar-refractivity contribution in [3.05, 3.63) is 29.3 Å². The van der Waals surface area contributed by atoms with Crippen LogP contribution in [0.15, 0.2) is 24.3 Å². The molecule has 0 fully saturated rings. The molecule has 0 spiro atoms. The second-order valence-electron chi connectivity index (χ2n) is 8.95. The molecule has 0 amide bonds. The van der Waals surface area contributed by atoms with E-state index in [1.807, 2.05) is 0 Å². The molecule has 1 aromatic rings. The van der Waals surface area contributed by atoms with Crippen LogP contribution >= 0.6 is 11.6 Å². The van der Waals surface area contributed by atoms with Crippen LogP contribution in [-0.2, 0) is 14.3 Å². The average molecular weight is 481 g/mol. The lowest BCUT2D eigenvalue weighted by molar-refractivity contribution is -0.143. The van der Waals surface area contributed by atoms with Crippen molar-refractivity contribution in [3.8, 4) is 5.75 Å². The molecule has 188 valence electrons. The summed E-state index contributed by atoms with van der Waals surface area (Å²) in [5, 5.41) is 0.607. The summed E-state index contributed by atoms with van der Waals surface area (Å²) in [5.74, 6) is 0.112. The Balaban J connectivity index is 1.82. The van der Waals surface area contributed by atoms with Gasteiger partial charge in [-0.05, 0) is 43.5 Å². The first-order chi connectivity index (χ1) is 16.1. The van der Waals surface area contributed by atoms with Gasteiger partial charge in [0.2, 0.25) is 0 Å². The van der Waals surface area contributed by atoms with E-state index in [1.54, 1.807) is 24.3 Å². The first-order valence-corrected chi connectivity index (χ1v) is 13.6. The summed E-state index contributed by atoms with van der Waals surface area (Å²) in [4.78, 5) is 23.6. The molecule has 0 N–H and O–H groups in total. The molecule has 0 saturated heterocycles. The Bertz CT molecular complexity index is 615. The van der Waals surface area contributed by atoms with Crippen molar-refractivity contribution < 1.29 is 19.1 Å². The predicted octanol–water partition coefficient (Wildman–Crippen LogP) is 8.83. The Labute approximate surface area is 206 Å². The zero-order valence-corrected chi connectivity index (χ0v) is 21.5. The fraction of sp³-hybridized carbons (Fsp3) is 0.714. The van der Waals surface area contributed by atoms with Gasteiger partial charge in [-0.25, -0.2) is 0 Å². The lowest BCUT2D eigenvalue weighted by atomic mass is 10.0. The molecule has 0 aliphatic heterocycles. The Morgan fingerprint density at radius 2 is 1.09 bits per heavy atom. The molecule has 0 unspecified atom stereocenters. The zero-order chi connectivity index (χ0) is 24.0. The number of hydrogen-bond donors (Lipinski definition) is 0. The third-order valence-corrected chi connectivity index (χ3v) is 6.07. The molecule has 1 aromatic carbocycles. The number of benzene rings is 1. The van der Waals surface area contributed by atoms with E-state index in [4.69, 9.17) is 21.1 Å². The van der Waals surface area contributed by atoms with Crippen LogP contribution in [0, 0.1) is 0 Å². The second-order valence-corrected chi connectivity index (χ2v) is 9.39. The number of halogens is 1. The molecule has 0 atom stereocenters. The number of unbranched alkanes of at least 4 members (excludes halogenated alkanes) is 14. The van der Waals surface area contributed by atoms with Gasteiger partial charge < -0.3 is 9.47 Å². The lowest BCUT2D eigenvalue weighted by Gasteiger charge is -2.06. The maximum absolute atomic E-state index is 11.8. The highest BCUT2D eigenvalue weighted by atomic mass is 35.5. The highest BCUT2D eigenvalue weighted by Crippen LogP contribution is 2.17. The van der Waals surface area contributed by atoms with E-state index in [9.17, 15) is 9.59 Å². The number of rotatable bonds is 21. The first-order valence-electron chi connectivity index (χ1n) is 13.2. The van der Waals surface area contributed by atoms with Gasteiger partial charge >= 0.3 is 11.9 Å². The van der Waals surface area contributed by atoms with Gasteiger partial charge in [0, 0.05) is 17.9 Å². The minimum Gasteiger partial charge on any atom is -0.466 e. The lowest BCUT2D eigenvalue weighted by Crippen LogP contribution is -2.08. The van der Waals surface area contributed by atoms with Gasteiger partial charge in [-0.15, -0.1) is 0 Å². The SMILES string of the molecule is CCCCCCCCCCCCCCCOC(=O)CCCCCC(=O)Oc1ccc(Cl)cc1. The average Bonchev–Trinajstić information content (AvgIpc) is 2.80. The molecule has 0 heterocycles. The van der Waals surface area contributed by atoms with Crippen molar-refractivity contribution >= 4 is 23.5 Å². The molecule has 0 bridgehead atoms. The van der Waals surface area contributed by atoms with E-state index >= 15 is 0 Å². The number of carbonyl (C=O) groups is 2. The fourth-order valence-corrected chi connectivity index (χ4v) is 3.90. The molecule has 0 saturated carbocycles. The molecular formula is C28H45ClO4. The summed E-state index contributed by atoms with van der Waals surface area (Å²) in [6.07, 6.45) is 20.1. The Morgan fingerprint density at radius 3 is 1.64 bits per heavy atom. The van der Waals surface area contributed by atoms with Crippen molar-refractivity contribution in [3.63, 3.8) is 0 Å². The molecule has 0 aliphatic carbocycles. The molecule has 33 heavy (non-hydrogen) atoms. The van der Waals surface area contributed by atoms with Crippen molar-refractivity contribution in [2.75, 3.05) is 6.61 Å². The number of esters is 2. The van der Waals surface area contributed by atoms with Crippen molar-refractivity contribution in [1.29, 1.82) is 0 Å². The van der Waals surface area contributed by atoms with Crippen molar-refractivity contribution in [2.24, 2.45) is 0 Å². The summed E-state index contributed by atoms with van der Waals surface area (Å²) in [5.41, 5.74) is 0. The highest BCUT2D eigenvalue weighted by molar-refractivity contribution is 6.30. The molecule has 0 aromatic heterocycles. The largest absolute Gasteiger partial charge is 0.466 e. The third kappa shape index (κ3) is 18.6. The number of hydrogen-bond acceptors (Lipinski definition) is 4. The molecule has 5 heteroatoms. The van der Waals surface area contributed by atoms with Crippen molar-refractivity contribution in [2.45, 2.75) is 122 Å². The van der Waals surface area contributed by atoms with Crippen LogP contribution in [0.3, 0.4) is 0 Å². The monoisotopic (exact) mass is 480 g/mol. The number of carbonyl (C=O) groups excluding carboxylic acids is 2. The fourth-order valence-electron chi connectivity index (χ4n) is 3.78. The minimum atomic E-state index is -0.262. The van der Waals surface area contributed by atoms with Crippen LogP contribution in [0.2, 0.25) is 5.02 Å². The molecule has 0 aliphatic rings. The minimum absolute atomic E-state index is 0.127. The summed E-state index contributed by atoms with van der Waals surface area (Å²) >= 11 is 5.81. The van der Waals surface area contributed by atoms with Crippen LogP contribution in [0.4, 0.5) is 0 Å². The maximum Gasteiger partial charge on any atom is 0.311 e. The highest BCUT2D eigenvalue weighted by Gasteiger charge is 2.06. The summed E-state index contributed by atoms with van der Waals surface area (Å²) in [7, 11) is 0. The summed E-state index contributed by atoms with van der Waals surface area (Å²) in [6.45, 7) is 2.80. The Kier molecular flexibility index (Phi) is 18.8. The number of ether oxygens (including phenoxy) is 2. The van der Waals surface area contributed by atoms with Gasteiger partial charge in [0.15, 0.2) is 0 Å². The summed E-state index contributed by atoms with van der Waals surface area (Å²) in [6, 6.07) is 6.72. The second kappa shape index (κ2) is 21.0. The van der Waals surface area contributed by atoms with Crippen molar-refractivity contribution in [1.82, 2.24) is 0 Å². The molecular weight excluding hydrogens is 436 g/mol. The normalized spacial score (nSPS) is 10.8. The van der Waals surface area contributed by atoms with E-state index < -0.39 is 0 Å². The molecule has 0 radical (unpaired) electrons. The zero-order valence-electron chi connectivity index (χ0n) is 20.8. The van der Waals surface area contributed by atoms with E-state index in [0.717, 1.165) is 25.7 Å². The topological polar surface area (TPSA) is 52.6 Å². The van der Waals surface area contributed by atoms with E-state index in [-0.39, 0.29) is 11.9 Å². The van der Waals surface area contributed by atoms with Crippen LogP contribution < -0.4 is 4.74 Å². The Hall–Kier alpha value is -1.55. The summed E-state index contributed by atoms with van der Waals surface area (Å²) < 4.78 is 10.6. The van der Waals surface area contributed by atoms with Crippen LogP contribution in [0.25, 0.3) is 0 Å². The van der Waals surface area contributed by atoms with E-state index in [2.05, 4.69) is 6.92 Å². The third-order valence-electron chi connectivity index (χ3n) is 5.82. The maximum atomic E-state index is 11.8. The standard InChI is InChI=1S/C28H45ClO4/c1-2-3-4-5-6-7-8-9-10-11-12-13-17-24-32-27(30)18-15-14-16-19-28(31)33-26-22-20-25(29)21-23-26/h20-23H,2-19,24H2,1H3. The van der Waals surface area contributed by atoms with E-state index in [0.29, 0.717) is 36.6 Å². The molecule has 1 rings (SSSR count). The van der Waals surface area contributed by atoms with Crippen LogP contribution in [-0.4, -0.2) is 18.5 Å². The van der Waals surface area contributed by atoms with Gasteiger partial charge in [0.1, 0.15) is 5.75 Å². The van der Waals surface area contributed by atoms with Gasteiger partial charge in [-0.2, -0.15) is 0 Å². The Morgan fingerprint density at radius 1 is 0.636 bits per heavy atom.